The number of ether oxygens (including phenoxy) is 1. The molecule has 6 atom stereocenters. The number of fused-ring (bicyclic) bond motifs is 4. The van der Waals surface area contributed by atoms with Crippen molar-refractivity contribution in [3.8, 4) is 0 Å². The molecule has 1 heterocycles. The van der Waals surface area contributed by atoms with Crippen molar-refractivity contribution in [1.82, 2.24) is 0 Å². The van der Waals surface area contributed by atoms with Crippen LogP contribution >= 0.6 is 0 Å². The first-order valence-electron chi connectivity index (χ1n) is 9.12. The van der Waals surface area contributed by atoms with E-state index in [1.165, 1.54) is 5.57 Å². The maximum absolute atomic E-state index is 12.9. The van der Waals surface area contributed by atoms with Crippen LogP contribution in [0.4, 0.5) is 0 Å². The molecule has 0 unspecified atom stereocenters. The number of carbonyl (C=O) groups excluding carboxylic acids is 2. The summed E-state index contributed by atoms with van der Waals surface area (Å²) in [5, 5.41) is 0. The fourth-order valence-electron chi connectivity index (χ4n) is 5.83. The summed E-state index contributed by atoms with van der Waals surface area (Å²) in [7, 11) is 0. The summed E-state index contributed by atoms with van der Waals surface area (Å²) in [5.74, 6) is 2.22. The highest BCUT2D eigenvalue weighted by atomic mass is 16.6. The Morgan fingerprint density at radius 1 is 1.17 bits per heavy atom. The van der Waals surface area contributed by atoms with Gasteiger partial charge in [0.05, 0.1) is 11.7 Å². The Kier molecular flexibility index (Phi) is 3.09. The van der Waals surface area contributed by atoms with Crippen molar-refractivity contribution < 1.29 is 14.3 Å². The van der Waals surface area contributed by atoms with E-state index >= 15 is 0 Å². The topological polar surface area (TPSA) is 46.7 Å². The van der Waals surface area contributed by atoms with Crippen molar-refractivity contribution in [1.29, 1.82) is 0 Å². The van der Waals surface area contributed by atoms with E-state index in [1.54, 1.807) is 0 Å². The number of epoxide rings is 1. The molecule has 0 aromatic heterocycles. The van der Waals surface area contributed by atoms with Crippen molar-refractivity contribution in [2.24, 2.45) is 29.1 Å². The van der Waals surface area contributed by atoms with Crippen molar-refractivity contribution in [3.63, 3.8) is 0 Å². The SMILES string of the molecule is CC1=C2C[C@]3(C)C(=O)C[C@@H](C(C)C)[C@H]3C[C@H]3O[C@@]3(C)[C@@H]2CC1=O. The van der Waals surface area contributed by atoms with Crippen molar-refractivity contribution in [2.75, 3.05) is 0 Å². The van der Waals surface area contributed by atoms with Crippen molar-refractivity contribution in [3.05, 3.63) is 11.1 Å². The first-order valence-corrected chi connectivity index (χ1v) is 9.12. The van der Waals surface area contributed by atoms with Crippen LogP contribution < -0.4 is 0 Å². The zero-order valence-corrected chi connectivity index (χ0v) is 14.9. The number of hydrogen-bond acceptors (Lipinski definition) is 3. The monoisotopic (exact) mass is 316 g/mol. The third-order valence-electron chi connectivity index (χ3n) is 7.66. The Hall–Kier alpha value is -0.960. The van der Waals surface area contributed by atoms with Crippen LogP contribution in [0.3, 0.4) is 0 Å². The lowest BCUT2D eigenvalue weighted by Crippen LogP contribution is -2.38. The van der Waals surface area contributed by atoms with E-state index < -0.39 is 0 Å². The van der Waals surface area contributed by atoms with Crippen LogP contribution in [0.1, 0.15) is 60.3 Å². The molecule has 3 fully saturated rings. The number of hydrogen-bond donors (Lipinski definition) is 0. The third-order valence-corrected chi connectivity index (χ3v) is 7.66. The highest BCUT2D eigenvalue weighted by Crippen LogP contribution is 2.63. The fraction of sp³-hybridized carbons (Fsp3) is 0.800. The van der Waals surface area contributed by atoms with Gasteiger partial charge in [-0.2, -0.15) is 0 Å². The van der Waals surface area contributed by atoms with E-state index in [0.717, 1.165) is 18.4 Å². The molecule has 23 heavy (non-hydrogen) atoms. The molecule has 0 aromatic rings. The van der Waals surface area contributed by atoms with Gasteiger partial charge in [-0.25, -0.2) is 0 Å². The third kappa shape index (κ3) is 1.92. The van der Waals surface area contributed by atoms with Gasteiger partial charge in [0.2, 0.25) is 0 Å². The number of allylic oxidation sites excluding steroid dienone is 1. The first-order chi connectivity index (χ1) is 10.7. The number of Topliss-reactive ketones (excluding diaryl/α,β-unsaturated/α-hetero) is 2. The molecule has 2 saturated carbocycles. The van der Waals surface area contributed by atoms with E-state index in [4.69, 9.17) is 4.74 Å². The van der Waals surface area contributed by atoms with Crippen LogP contribution in [0.5, 0.6) is 0 Å². The lowest BCUT2D eigenvalue weighted by Gasteiger charge is -2.38. The molecule has 126 valence electrons. The van der Waals surface area contributed by atoms with Gasteiger partial charge >= 0.3 is 0 Å². The second kappa shape index (κ2) is 4.56. The van der Waals surface area contributed by atoms with Gasteiger partial charge in [-0.05, 0) is 50.0 Å². The van der Waals surface area contributed by atoms with Crippen LogP contribution in [-0.2, 0) is 14.3 Å². The van der Waals surface area contributed by atoms with Crippen LogP contribution in [-0.4, -0.2) is 23.3 Å². The molecule has 3 heteroatoms. The molecule has 0 bridgehead atoms. The number of rotatable bonds is 1. The Balaban J connectivity index is 1.80. The standard InChI is InChI=1S/C20H28O3/c1-10(2)12-6-17(22)19(4)9-13-11(3)16(21)7-15(13)20(5)18(23-20)8-14(12)19/h10,12,14-15,18H,6-9H2,1-5H3/t12-,14+,15+,18+,19-,20-/m0/s1. The largest absolute Gasteiger partial charge is 0.366 e. The van der Waals surface area contributed by atoms with Gasteiger partial charge in [-0.1, -0.05) is 26.3 Å². The minimum absolute atomic E-state index is 0.169. The van der Waals surface area contributed by atoms with Gasteiger partial charge < -0.3 is 4.74 Å². The van der Waals surface area contributed by atoms with E-state index in [2.05, 4.69) is 27.7 Å². The molecular weight excluding hydrogens is 288 g/mol. The summed E-state index contributed by atoms with van der Waals surface area (Å²) in [5.41, 5.74) is 1.66. The van der Waals surface area contributed by atoms with Gasteiger partial charge in [0.1, 0.15) is 5.78 Å². The molecule has 0 radical (unpaired) electrons. The summed E-state index contributed by atoms with van der Waals surface area (Å²) >= 11 is 0. The fourth-order valence-corrected chi connectivity index (χ4v) is 5.83. The summed E-state index contributed by atoms with van der Waals surface area (Å²) < 4.78 is 6.15. The van der Waals surface area contributed by atoms with Crippen LogP contribution in [0.15, 0.2) is 11.1 Å². The Morgan fingerprint density at radius 3 is 2.52 bits per heavy atom. The molecule has 4 rings (SSSR count). The minimum Gasteiger partial charge on any atom is -0.366 e. The summed E-state index contributed by atoms with van der Waals surface area (Å²) in [4.78, 5) is 25.3. The molecule has 3 aliphatic carbocycles. The lowest BCUT2D eigenvalue weighted by atomic mass is 9.63. The average molecular weight is 316 g/mol. The molecule has 0 amide bonds. The Labute approximate surface area is 138 Å². The highest BCUT2D eigenvalue weighted by molar-refractivity contribution is 5.99. The van der Waals surface area contributed by atoms with Gasteiger partial charge in [-0.15, -0.1) is 0 Å². The van der Waals surface area contributed by atoms with Crippen LogP contribution in [0.2, 0.25) is 0 Å². The van der Waals surface area contributed by atoms with E-state index in [9.17, 15) is 9.59 Å². The normalized spacial score (nSPS) is 49.0. The predicted molar refractivity (Wildman–Crippen MR) is 87.9 cm³/mol. The molecular formula is C20H28O3. The molecule has 3 nitrogen and oxygen atoms in total. The second-order valence-corrected chi connectivity index (χ2v) is 9.09. The zero-order chi connectivity index (χ0) is 16.7. The predicted octanol–water partition coefficient (Wildman–Crippen LogP) is 3.71. The van der Waals surface area contributed by atoms with Crippen LogP contribution in [0.25, 0.3) is 0 Å². The summed E-state index contributed by atoms with van der Waals surface area (Å²) in [6.07, 6.45) is 3.26. The smallest absolute Gasteiger partial charge is 0.159 e. The highest BCUT2D eigenvalue weighted by Gasteiger charge is 2.66. The molecule has 1 aliphatic heterocycles. The molecule has 0 spiro atoms. The van der Waals surface area contributed by atoms with Crippen molar-refractivity contribution in [2.45, 2.75) is 72.0 Å². The number of ketones is 2. The van der Waals surface area contributed by atoms with E-state index in [0.29, 0.717) is 36.4 Å². The Morgan fingerprint density at radius 2 is 1.87 bits per heavy atom. The van der Waals surface area contributed by atoms with Gasteiger partial charge in [-0.3, -0.25) is 9.59 Å². The first kappa shape index (κ1) is 15.6. The van der Waals surface area contributed by atoms with Gasteiger partial charge in [0, 0.05) is 24.2 Å². The lowest BCUT2D eigenvalue weighted by molar-refractivity contribution is -0.126. The number of carbonyl (C=O) groups is 2. The second-order valence-electron chi connectivity index (χ2n) is 9.09. The molecule has 0 aromatic carbocycles. The summed E-state index contributed by atoms with van der Waals surface area (Å²) in [6, 6.07) is 0. The van der Waals surface area contributed by atoms with Gasteiger partial charge in [0.25, 0.3) is 0 Å². The van der Waals surface area contributed by atoms with Gasteiger partial charge in [0.15, 0.2) is 5.78 Å². The molecule has 0 N–H and O–H groups in total. The molecule has 4 aliphatic rings. The van der Waals surface area contributed by atoms with E-state index in [1.807, 2.05) is 6.92 Å². The van der Waals surface area contributed by atoms with Crippen LogP contribution in [0, 0.1) is 29.1 Å². The van der Waals surface area contributed by atoms with Crippen molar-refractivity contribution >= 4 is 11.6 Å². The molecule has 1 saturated heterocycles. The average Bonchev–Trinajstić information content (AvgIpc) is 2.95. The quantitative estimate of drug-likeness (QED) is 0.693. The maximum Gasteiger partial charge on any atom is 0.159 e. The zero-order valence-electron chi connectivity index (χ0n) is 14.9. The maximum atomic E-state index is 12.9. The van der Waals surface area contributed by atoms with E-state index in [-0.39, 0.29) is 28.8 Å². The minimum atomic E-state index is -0.304. The Bertz CT molecular complexity index is 631. The summed E-state index contributed by atoms with van der Waals surface area (Å²) in [6.45, 7) is 10.8.